The Balaban J connectivity index is 2.26. The molecule has 22 heavy (non-hydrogen) atoms. The Hall–Kier alpha value is -3.19. The zero-order valence-electron chi connectivity index (χ0n) is 12.0. The van der Waals surface area contributed by atoms with Crippen LogP contribution >= 0.6 is 0 Å². The zero-order valence-corrected chi connectivity index (χ0v) is 12.0. The fourth-order valence-corrected chi connectivity index (χ4v) is 2.42. The van der Waals surface area contributed by atoms with Crippen molar-refractivity contribution in [3.63, 3.8) is 0 Å². The quantitative estimate of drug-likeness (QED) is 0.738. The van der Waals surface area contributed by atoms with Crippen LogP contribution in [0.25, 0.3) is 22.3 Å². The maximum atomic E-state index is 9.19. The van der Waals surface area contributed by atoms with Gasteiger partial charge in [0.2, 0.25) is 0 Å². The van der Waals surface area contributed by atoms with Crippen molar-refractivity contribution in [2.24, 2.45) is 0 Å². The Bertz CT molecular complexity index is 845. The summed E-state index contributed by atoms with van der Waals surface area (Å²) in [4.78, 5) is 0. The molecule has 4 nitrogen and oxygen atoms in total. The Morgan fingerprint density at radius 1 is 1.05 bits per heavy atom. The third-order valence-electron chi connectivity index (χ3n) is 3.55. The van der Waals surface area contributed by atoms with Crippen LogP contribution in [-0.4, -0.2) is 7.11 Å². The minimum atomic E-state index is 0.443. The highest BCUT2D eigenvalue weighted by Gasteiger charge is 2.16. The number of rotatable bonds is 3. The molecule has 2 aromatic carbocycles. The van der Waals surface area contributed by atoms with E-state index in [-0.39, 0.29) is 0 Å². The molecule has 0 atom stereocenters. The van der Waals surface area contributed by atoms with Crippen molar-refractivity contribution in [3.05, 3.63) is 60.6 Å². The van der Waals surface area contributed by atoms with Gasteiger partial charge >= 0.3 is 0 Å². The summed E-state index contributed by atoms with van der Waals surface area (Å²) in [6, 6.07) is 15.6. The summed E-state index contributed by atoms with van der Waals surface area (Å²) in [6.45, 7) is 0. The van der Waals surface area contributed by atoms with Gasteiger partial charge in [-0.1, -0.05) is 30.3 Å². The van der Waals surface area contributed by atoms with Gasteiger partial charge in [-0.15, -0.1) is 0 Å². The predicted molar refractivity (Wildman–Crippen MR) is 85.3 cm³/mol. The van der Waals surface area contributed by atoms with Crippen LogP contribution in [0.15, 0.2) is 59.4 Å². The number of nitrogen functional groups attached to an aromatic ring is 1. The molecule has 3 rings (SSSR count). The van der Waals surface area contributed by atoms with Gasteiger partial charge in [0, 0.05) is 22.4 Å². The molecule has 0 fully saturated rings. The predicted octanol–water partition coefficient (Wildman–Crippen LogP) is 4.08. The van der Waals surface area contributed by atoms with Crippen LogP contribution < -0.4 is 10.5 Å². The van der Waals surface area contributed by atoms with Crippen LogP contribution in [0, 0.1) is 11.3 Å². The monoisotopic (exact) mass is 290 g/mol. The average Bonchev–Trinajstić information content (AvgIpc) is 3.04. The van der Waals surface area contributed by atoms with Gasteiger partial charge in [0.05, 0.1) is 18.9 Å². The molecule has 1 heterocycles. The van der Waals surface area contributed by atoms with Gasteiger partial charge in [-0.2, -0.15) is 5.26 Å². The van der Waals surface area contributed by atoms with Crippen molar-refractivity contribution in [3.8, 4) is 34.1 Å². The van der Waals surface area contributed by atoms with E-state index in [2.05, 4.69) is 6.07 Å². The minimum Gasteiger partial charge on any atom is -0.497 e. The molecule has 3 aromatic rings. The summed E-state index contributed by atoms with van der Waals surface area (Å²) in [5.74, 6) is 0.674. The molecule has 4 heteroatoms. The molecule has 0 aliphatic rings. The average molecular weight is 290 g/mol. The second-order valence-corrected chi connectivity index (χ2v) is 4.81. The molecular formula is C18H14N2O2. The summed E-state index contributed by atoms with van der Waals surface area (Å²) >= 11 is 0. The normalized spacial score (nSPS) is 10.2. The first-order valence-electron chi connectivity index (χ1n) is 6.74. The smallest absolute Gasteiger partial charge is 0.120 e. The van der Waals surface area contributed by atoms with Gasteiger partial charge < -0.3 is 14.9 Å². The topological polar surface area (TPSA) is 72.2 Å². The Labute approximate surface area is 128 Å². The van der Waals surface area contributed by atoms with Crippen LogP contribution in [0.5, 0.6) is 5.75 Å². The molecule has 0 bridgehead atoms. The van der Waals surface area contributed by atoms with Gasteiger partial charge in [-0.05, 0) is 17.7 Å². The number of ether oxygens (including phenoxy) is 1. The minimum absolute atomic E-state index is 0.443. The Morgan fingerprint density at radius 2 is 1.77 bits per heavy atom. The standard InChI is InChI=1S/C18H14N2O2/c1-21-14-7-15(12-5-3-2-4-6-12)18(20)16(8-14)17-11-22-10-13(17)9-19/h2-8,10-11H,20H2,1H3. The van der Waals surface area contributed by atoms with E-state index >= 15 is 0 Å². The van der Waals surface area contributed by atoms with E-state index in [0.717, 1.165) is 16.7 Å². The van der Waals surface area contributed by atoms with Gasteiger partial charge in [-0.3, -0.25) is 0 Å². The largest absolute Gasteiger partial charge is 0.497 e. The van der Waals surface area contributed by atoms with Gasteiger partial charge in [0.25, 0.3) is 0 Å². The van der Waals surface area contributed by atoms with Crippen molar-refractivity contribution in [2.75, 3.05) is 12.8 Å². The van der Waals surface area contributed by atoms with E-state index in [9.17, 15) is 5.26 Å². The molecular weight excluding hydrogens is 276 g/mol. The van der Waals surface area contributed by atoms with E-state index < -0.39 is 0 Å². The van der Waals surface area contributed by atoms with Crippen LogP contribution in [0.4, 0.5) is 5.69 Å². The van der Waals surface area contributed by atoms with Crippen molar-refractivity contribution in [1.82, 2.24) is 0 Å². The number of nitriles is 1. The van der Waals surface area contributed by atoms with Gasteiger partial charge in [0.15, 0.2) is 0 Å². The number of anilines is 1. The number of hydrogen-bond acceptors (Lipinski definition) is 4. The molecule has 0 unspecified atom stereocenters. The zero-order chi connectivity index (χ0) is 15.5. The highest BCUT2D eigenvalue weighted by atomic mass is 16.5. The third kappa shape index (κ3) is 2.29. The molecule has 108 valence electrons. The molecule has 0 radical (unpaired) electrons. The lowest BCUT2D eigenvalue weighted by Gasteiger charge is -2.13. The van der Waals surface area contributed by atoms with E-state index in [1.54, 1.807) is 7.11 Å². The van der Waals surface area contributed by atoms with E-state index in [4.69, 9.17) is 14.9 Å². The fraction of sp³-hybridized carbons (Fsp3) is 0.0556. The summed E-state index contributed by atoms with van der Waals surface area (Å²) < 4.78 is 10.5. The Kier molecular flexibility index (Phi) is 3.55. The highest BCUT2D eigenvalue weighted by Crippen LogP contribution is 2.39. The Morgan fingerprint density at radius 3 is 2.45 bits per heavy atom. The third-order valence-corrected chi connectivity index (χ3v) is 3.55. The fourth-order valence-electron chi connectivity index (χ4n) is 2.42. The van der Waals surface area contributed by atoms with Crippen molar-refractivity contribution in [2.45, 2.75) is 0 Å². The second kappa shape index (κ2) is 5.66. The van der Waals surface area contributed by atoms with Gasteiger partial charge in [-0.25, -0.2) is 0 Å². The maximum absolute atomic E-state index is 9.19. The lowest BCUT2D eigenvalue weighted by atomic mass is 9.95. The molecule has 0 saturated carbocycles. The van der Waals surface area contributed by atoms with Crippen molar-refractivity contribution < 1.29 is 9.15 Å². The van der Waals surface area contributed by atoms with Crippen LogP contribution in [-0.2, 0) is 0 Å². The number of nitrogens with zero attached hydrogens (tertiary/aromatic N) is 1. The van der Waals surface area contributed by atoms with E-state index in [1.165, 1.54) is 12.5 Å². The van der Waals surface area contributed by atoms with Crippen molar-refractivity contribution >= 4 is 5.69 Å². The molecule has 0 aliphatic heterocycles. The first-order chi connectivity index (χ1) is 10.7. The molecule has 2 N–H and O–H groups in total. The summed E-state index contributed by atoms with van der Waals surface area (Å²) in [5, 5.41) is 9.19. The van der Waals surface area contributed by atoms with Crippen LogP contribution in [0.3, 0.4) is 0 Å². The summed E-state index contributed by atoms with van der Waals surface area (Å²) in [6.07, 6.45) is 2.94. The number of methoxy groups -OCH3 is 1. The van der Waals surface area contributed by atoms with E-state index in [0.29, 0.717) is 22.6 Å². The number of nitrogens with two attached hydrogens (primary N) is 1. The lowest BCUT2D eigenvalue weighted by molar-refractivity contribution is 0.415. The molecule has 0 saturated heterocycles. The lowest BCUT2D eigenvalue weighted by Crippen LogP contribution is -1.96. The molecule has 0 aliphatic carbocycles. The number of hydrogen-bond donors (Lipinski definition) is 1. The first kappa shape index (κ1) is 13.8. The first-order valence-corrected chi connectivity index (χ1v) is 6.74. The maximum Gasteiger partial charge on any atom is 0.120 e. The van der Waals surface area contributed by atoms with Crippen LogP contribution in [0.1, 0.15) is 5.56 Å². The second-order valence-electron chi connectivity index (χ2n) is 4.81. The van der Waals surface area contributed by atoms with Gasteiger partial charge in [0.1, 0.15) is 18.1 Å². The summed E-state index contributed by atoms with van der Waals surface area (Å²) in [7, 11) is 1.60. The SMILES string of the molecule is COc1cc(-c2ccccc2)c(N)c(-c2cocc2C#N)c1. The molecule has 0 spiro atoms. The van der Waals surface area contributed by atoms with Crippen molar-refractivity contribution in [1.29, 1.82) is 5.26 Å². The molecule has 0 amide bonds. The number of benzene rings is 2. The van der Waals surface area contributed by atoms with Crippen LogP contribution in [0.2, 0.25) is 0 Å². The summed E-state index contributed by atoms with van der Waals surface area (Å²) in [5.41, 5.74) is 10.6. The van der Waals surface area contributed by atoms with E-state index in [1.807, 2.05) is 42.5 Å². The molecule has 1 aromatic heterocycles. The highest BCUT2D eigenvalue weighted by molar-refractivity contribution is 5.91. The number of furan rings is 1.